The van der Waals surface area contributed by atoms with Crippen LogP contribution in [0.2, 0.25) is 0 Å². The molecule has 3 rings (SSSR count). The zero-order valence-corrected chi connectivity index (χ0v) is 13.2. The average molecular weight is 315 g/mol. The van der Waals surface area contributed by atoms with Gasteiger partial charge in [0.1, 0.15) is 5.92 Å². The summed E-state index contributed by atoms with van der Waals surface area (Å²) in [5, 5.41) is 5.65. The molecule has 2 aromatic carbocycles. The maximum Gasteiger partial charge on any atom is 0.313 e. The van der Waals surface area contributed by atoms with E-state index >= 15 is 0 Å². The molecule has 2 atom stereocenters. The largest absolute Gasteiger partial charge is 0.469 e. The van der Waals surface area contributed by atoms with Gasteiger partial charge in [0.25, 0.3) is 0 Å². The van der Waals surface area contributed by atoms with Gasteiger partial charge < -0.3 is 19.5 Å². The molecule has 0 amide bonds. The van der Waals surface area contributed by atoms with Crippen molar-refractivity contribution in [3.05, 3.63) is 42.5 Å². The van der Waals surface area contributed by atoms with Gasteiger partial charge in [0.15, 0.2) is 0 Å². The van der Waals surface area contributed by atoms with E-state index in [0.29, 0.717) is 26.4 Å². The molecule has 1 aliphatic heterocycles. The molecular formula is C18H21NO4. The number of methoxy groups -OCH3 is 1. The maximum absolute atomic E-state index is 12.1. The standard InChI is InChI=1S/C18H21NO4/c1-21-18(20)15(17-12-22-9-10-23-17)11-19-16-8-4-6-13-5-2-3-7-14(13)16/h2-8,15,17,19H,9-12H2,1H3. The highest BCUT2D eigenvalue weighted by Gasteiger charge is 2.32. The summed E-state index contributed by atoms with van der Waals surface area (Å²) in [7, 11) is 1.40. The molecule has 0 bridgehead atoms. The molecule has 5 nitrogen and oxygen atoms in total. The maximum atomic E-state index is 12.1. The molecule has 23 heavy (non-hydrogen) atoms. The number of benzene rings is 2. The number of rotatable bonds is 5. The Bertz CT molecular complexity index is 662. The van der Waals surface area contributed by atoms with E-state index in [-0.39, 0.29) is 12.1 Å². The van der Waals surface area contributed by atoms with Crippen LogP contribution in [0.4, 0.5) is 5.69 Å². The average Bonchev–Trinajstić information content (AvgIpc) is 2.62. The monoisotopic (exact) mass is 315 g/mol. The van der Waals surface area contributed by atoms with Crippen LogP contribution in [0.3, 0.4) is 0 Å². The first-order valence-electron chi connectivity index (χ1n) is 7.78. The van der Waals surface area contributed by atoms with Gasteiger partial charge >= 0.3 is 5.97 Å². The van der Waals surface area contributed by atoms with Crippen molar-refractivity contribution in [1.29, 1.82) is 0 Å². The summed E-state index contributed by atoms with van der Waals surface area (Å²) in [6.45, 7) is 1.93. The van der Waals surface area contributed by atoms with E-state index in [0.717, 1.165) is 16.5 Å². The molecule has 1 heterocycles. The first-order valence-corrected chi connectivity index (χ1v) is 7.78. The first-order chi connectivity index (χ1) is 11.3. The molecular weight excluding hydrogens is 294 g/mol. The third kappa shape index (κ3) is 3.63. The van der Waals surface area contributed by atoms with Gasteiger partial charge in [-0.15, -0.1) is 0 Å². The van der Waals surface area contributed by atoms with Crippen LogP contribution in [-0.4, -0.2) is 45.5 Å². The van der Waals surface area contributed by atoms with Gasteiger partial charge in [-0.1, -0.05) is 36.4 Å². The summed E-state index contributed by atoms with van der Waals surface area (Å²) >= 11 is 0. The van der Waals surface area contributed by atoms with Gasteiger partial charge in [0, 0.05) is 17.6 Å². The molecule has 122 valence electrons. The van der Waals surface area contributed by atoms with Crippen LogP contribution in [-0.2, 0) is 19.0 Å². The summed E-state index contributed by atoms with van der Waals surface area (Å²) in [6.07, 6.45) is -0.279. The number of esters is 1. The molecule has 1 fully saturated rings. The molecule has 1 N–H and O–H groups in total. The third-order valence-electron chi connectivity index (χ3n) is 4.10. The molecule has 5 heteroatoms. The van der Waals surface area contributed by atoms with E-state index in [4.69, 9.17) is 14.2 Å². The predicted molar refractivity (Wildman–Crippen MR) is 88.5 cm³/mol. The van der Waals surface area contributed by atoms with Gasteiger partial charge in [0.2, 0.25) is 0 Å². The Kier molecular flexibility index (Phi) is 5.10. The minimum Gasteiger partial charge on any atom is -0.469 e. The second-order valence-electron chi connectivity index (χ2n) is 5.52. The number of nitrogens with one attached hydrogen (secondary N) is 1. The quantitative estimate of drug-likeness (QED) is 0.859. The Morgan fingerprint density at radius 2 is 2.09 bits per heavy atom. The minimum atomic E-state index is -0.403. The Balaban J connectivity index is 1.76. The first kappa shape index (κ1) is 15.8. The summed E-state index contributed by atoms with van der Waals surface area (Å²) < 4.78 is 16.0. The van der Waals surface area contributed by atoms with Crippen molar-refractivity contribution in [2.24, 2.45) is 5.92 Å². The molecule has 0 aromatic heterocycles. The van der Waals surface area contributed by atoms with Crippen LogP contribution in [0.15, 0.2) is 42.5 Å². The highest BCUT2D eigenvalue weighted by molar-refractivity contribution is 5.93. The topological polar surface area (TPSA) is 56.8 Å². The van der Waals surface area contributed by atoms with E-state index in [9.17, 15) is 4.79 Å². The third-order valence-corrected chi connectivity index (χ3v) is 4.10. The number of anilines is 1. The van der Waals surface area contributed by atoms with Gasteiger partial charge in [0.05, 0.1) is 33.0 Å². The highest BCUT2D eigenvalue weighted by atomic mass is 16.6. The van der Waals surface area contributed by atoms with Crippen molar-refractivity contribution in [2.45, 2.75) is 6.10 Å². The Morgan fingerprint density at radius 3 is 2.87 bits per heavy atom. The fraction of sp³-hybridized carbons (Fsp3) is 0.389. The number of hydrogen-bond acceptors (Lipinski definition) is 5. The van der Waals surface area contributed by atoms with E-state index in [1.165, 1.54) is 7.11 Å². The molecule has 0 saturated carbocycles. The van der Waals surface area contributed by atoms with Gasteiger partial charge in [-0.3, -0.25) is 4.79 Å². The zero-order chi connectivity index (χ0) is 16.1. The molecule has 1 aliphatic rings. The summed E-state index contributed by atoms with van der Waals surface area (Å²) in [4.78, 5) is 12.1. The van der Waals surface area contributed by atoms with Crippen LogP contribution in [0.1, 0.15) is 0 Å². The Labute approximate surface area is 135 Å². The van der Waals surface area contributed by atoms with Crippen LogP contribution < -0.4 is 5.32 Å². The van der Waals surface area contributed by atoms with Crippen molar-refractivity contribution < 1.29 is 19.0 Å². The minimum absolute atomic E-state index is 0.279. The molecule has 2 aromatic rings. The molecule has 0 spiro atoms. The van der Waals surface area contributed by atoms with Gasteiger partial charge in [-0.05, 0) is 11.5 Å². The van der Waals surface area contributed by atoms with Crippen LogP contribution in [0.5, 0.6) is 0 Å². The Hall–Kier alpha value is -2.11. The van der Waals surface area contributed by atoms with E-state index in [2.05, 4.69) is 23.5 Å². The normalized spacial score (nSPS) is 19.3. The van der Waals surface area contributed by atoms with Crippen molar-refractivity contribution in [3.8, 4) is 0 Å². The second kappa shape index (κ2) is 7.44. The predicted octanol–water partition coefficient (Wildman–Crippen LogP) is 2.46. The summed E-state index contributed by atoms with van der Waals surface area (Å²) in [5.74, 6) is -0.687. The van der Waals surface area contributed by atoms with Crippen molar-refractivity contribution >= 4 is 22.4 Å². The lowest BCUT2D eigenvalue weighted by molar-refractivity contribution is -0.160. The number of hydrogen-bond donors (Lipinski definition) is 1. The molecule has 2 unspecified atom stereocenters. The van der Waals surface area contributed by atoms with E-state index in [1.54, 1.807) is 0 Å². The van der Waals surface area contributed by atoms with Gasteiger partial charge in [-0.2, -0.15) is 0 Å². The fourth-order valence-electron chi connectivity index (χ4n) is 2.86. The van der Waals surface area contributed by atoms with Crippen molar-refractivity contribution in [1.82, 2.24) is 0 Å². The number of carbonyl (C=O) groups excluding carboxylic acids is 1. The Morgan fingerprint density at radius 1 is 1.26 bits per heavy atom. The lowest BCUT2D eigenvalue weighted by Crippen LogP contribution is -2.42. The van der Waals surface area contributed by atoms with Crippen molar-refractivity contribution in [3.63, 3.8) is 0 Å². The molecule has 0 radical (unpaired) electrons. The van der Waals surface area contributed by atoms with Crippen LogP contribution in [0.25, 0.3) is 10.8 Å². The summed E-state index contributed by atoms with van der Waals surface area (Å²) in [6, 6.07) is 14.2. The lowest BCUT2D eigenvalue weighted by Gasteiger charge is -2.29. The lowest BCUT2D eigenvalue weighted by atomic mass is 10.0. The van der Waals surface area contributed by atoms with E-state index < -0.39 is 5.92 Å². The zero-order valence-electron chi connectivity index (χ0n) is 13.2. The second-order valence-corrected chi connectivity index (χ2v) is 5.52. The van der Waals surface area contributed by atoms with Crippen molar-refractivity contribution in [2.75, 3.05) is 38.8 Å². The summed E-state index contributed by atoms with van der Waals surface area (Å²) in [5.41, 5.74) is 0.994. The highest BCUT2D eigenvalue weighted by Crippen LogP contribution is 2.24. The number of ether oxygens (including phenoxy) is 3. The molecule has 0 aliphatic carbocycles. The number of fused-ring (bicyclic) bond motifs is 1. The van der Waals surface area contributed by atoms with Gasteiger partial charge in [-0.25, -0.2) is 0 Å². The van der Waals surface area contributed by atoms with E-state index in [1.807, 2.05) is 24.3 Å². The number of carbonyl (C=O) groups is 1. The van der Waals surface area contributed by atoms with Crippen LogP contribution >= 0.6 is 0 Å². The SMILES string of the molecule is COC(=O)C(CNc1cccc2ccccc12)C1COCCO1. The smallest absolute Gasteiger partial charge is 0.313 e. The van der Waals surface area contributed by atoms with Crippen LogP contribution in [0, 0.1) is 5.92 Å². The fourth-order valence-corrected chi connectivity index (χ4v) is 2.86. The molecule has 1 saturated heterocycles.